The van der Waals surface area contributed by atoms with Gasteiger partial charge in [0.1, 0.15) is 0 Å². The van der Waals surface area contributed by atoms with Gasteiger partial charge in [-0.2, -0.15) is 13.2 Å². The lowest BCUT2D eigenvalue weighted by Gasteiger charge is -2.40. The van der Waals surface area contributed by atoms with Gasteiger partial charge < -0.3 is 9.80 Å². The van der Waals surface area contributed by atoms with Crippen LogP contribution in [-0.4, -0.2) is 61.0 Å². The summed E-state index contributed by atoms with van der Waals surface area (Å²) in [6.07, 6.45) is 0.348. The molecule has 30 heavy (non-hydrogen) atoms. The van der Waals surface area contributed by atoms with Gasteiger partial charge in [-0.15, -0.1) is 0 Å². The monoisotopic (exact) mass is 425 g/mol. The van der Waals surface area contributed by atoms with Crippen molar-refractivity contribution in [3.05, 3.63) is 29.8 Å². The molecule has 0 saturated carbocycles. The molecule has 0 bridgehead atoms. The van der Waals surface area contributed by atoms with E-state index in [-0.39, 0.29) is 5.91 Å². The van der Waals surface area contributed by atoms with Crippen molar-refractivity contribution in [1.82, 2.24) is 9.80 Å². The molecule has 2 aliphatic heterocycles. The summed E-state index contributed by atoms with van der Waals surface area (Å²) in [5, 5.41) is 0. The molecule has 0 radical (unpaired) electrons. The number of halogens is 3. The van der Waals surface area contributed by atoms with Gasteiger partial charge in [-0.1, -0.05) is 19.9 Å². The molecule has 168 valence electrons. The van der Waals surface area contributed by atoms with E-state index in [1.807, 2.05) is 9.80 Å². The number of hydrogen-bond donors (Lipinski definition) is 0. The summed E-state index contributed by atoms with van der Waals surface area (Å²) >= 11 is 0. The smallest absolute Gasteiger partial charge is 0.369 e. The van der Waals surface area contributed by atoms with Crippen LogP contribution in [0.5, 0.6) is 0 Å². The first-order valence-electron chi connectivity index (χ1n) is 11.2. The largest absolute Gasteiger partial charge is 0.416 e. The van der Waals surface area contributed by atoms with Crippen LogP contribution in [0.3, 0.4) is 0 Å². The fraction of sp³-hybridized carbons (Fsp3) is 0.696. The summed E-state index contributed by atoms with van der Waals surface area (Å²) in [6.45, 7) is 9.15. The van der Waals surface area contributed by atoms with Gasteiger partial charge in [0.2, 0.25) is 5.91 Å². The highest BCUT2D eigenvalue weighted by molar-refractivity contribution is 5.76. The second kappa shape index (κ2) is 10.0. The Hall–Kier alpha value is -1.76. The van der Waals surface area contributed by atoms with E-state index in [1.54, 1.807) is 6.07 Å². The molecule has 0 aromatic heterocycles. The third-order valence-corrected chi connectivity index (χ3v) is 6.36. The molecule has 1 unspecified atom stereocenters. The van der Waals surface area contributed by atoms with Crippen molar-refractivity contribution < 1.29 is 18.0 Å². The number of carbonyl (C=O) groups is 1. The summed E-state index contributed by atoms with van der Waals surface area (Å²) < 4.78 is 39.0. The first kappa shape index (κ1) is 22.9. The molecule has 1 aromatic carbocycles. The maximum atomic E-state index is 13.0. The fourth-order valence-corrected chi connectivity index (χ4v) is 4.54. The van der Waals surface area contributed by atoms with Crippen LogP contribution in [0.4, 0.5) is 18.9 Å². The lowest BCUT2D eigenvalue weighted by Crippen LogP contribution is -2.50. The Kier molecular flexibility index (Phi) is 7.66. The average Bonchev–Trinajstić information content (AvgIpc) is 2.89. The molecule has 4 nitrogen and oxygen atoms in total. The minimum absolute atomic E-state index is 0.267. The van der Waals surface area contributed by atoms with Gasteiger partial charge in [-0.25, -0.2) is 0 Å². The number of alkyl halides is 3. The summed E-state index contributed by atoms with van der Waals surface area (Å²) in [6, 6.07) is 5.98. The Morgan fingerprint density at radius 1 is 1.07 bits per heavy atom. The number of rotatable bonds is 6. The third-order valence-electron chi connectivity index (χ3n) is 6.36. The zero-order valence-corrected chi connectivity index (χ0v) is 18.1. The summed E-state index contributed by atoms with van der Waals surface area (Å²) in [7, 11) is 0. The topological polar surface area (TPSA) is 26.8 Å². The number of piperazine rings is 1. The van der Waals surface area contributed by atoms with Crippen LogP contribution < -0.4 is 4.90 Å². The molecule has 2 fully saturated rings. The van der Waals surface area contributed by atoms with Gasteiger partial charge in [0.05, 0.1) is 5.56 Å². The van der Waals surface area contributed by atoms with Crippen molar-refractivity contribution in [3.8, 4) is 0 Å². The van der Waals surface area contributed by atoms with Crippen LogP contribution in [-0.2, 0) is 11.0 Å². The Bertz CT molecular complexity index is 699. The highest BCUT2D eigenvalue weighted by atomic mass is 19.4. The van der Waals surface area contributed by atoms with Crippen LogP contribution >= 0.6 is 0 Å². The number of anilines is 1. The van der Waals surface area contributed by atoms with Crippen LogP contribution in [0, 0.1) is 5.92 Å². The van der Waals surface area contributed by atoms with Crippen LogP contribution in [0.25, 0.3) is 0 Å². The molecule has 2 heterocycles. The SMILES string of the molecule is CC(C)CCCN1CCC(N2CCN(c3cccc(C(F)(F)F)c3)CC2)CCC1=O. The van der Waals surface area contributed by atoms with E-state index in [9.17, 15) is 18.0 Å². The lowest BCUT2D eigenvalue weighted by atomic mass is 10.1. The van der Waals surface area contributed by atoms with Crippen LogP contribution in [0.1, 0.15) is 51.5 Å². The number of benzene rings is 1. The Morgan fingerprint density at radius 3 is 2.47 bits per heavy atom. The summed E-state index contributed by atoms with van der Waals surface area (Å²) in [4.78, 5) is 19.0. The minimum atomic E-state index is -4.31. The average molecular weight is 426 g/mol. The second-order valence-corrected chi connectivity index (χ2v) is 8.97. The fourth-order valence-electron chi connectivity index (χ4n) is 4.54. The molecule has 0 spiro atoms. The van der Waals surface area contributed by atoms with Crippen molar-refractivity contribution in [2.45, 2.75) is 58.2 Å². The third kappa shape index (κ3) is 6.13. The van der Waals surface area contributed by atoms with E-state index < -0.39 is 11.7 Å². The summed E-state index contributed by atoms with van der Waals surface area (Å²) in [5.74, 6) is 0.928. The highest BCUT2D eigenvalue weighted by Crippen LogP contribution is 2.32. The standard InChI is InChI=1S/C23H34F3N3O/c1-18(2)5-4-11-29-12-10-20(8-9-22(29)30)27-13-15-28(16-14-27)21-7-3-6-19(17-21)23(24,25)26/h3,6-7,17-18,20H,4-5,8-16H2,1-2H3. The zero-order chi connectivity index (χ0) is 21.7. The van der Waals surface area contributed by atoms with Crippen molar-refractivity contribution in [2.24, 2.45) is 5.92 Å². The van der Waals surface area contributed by atoms with E-state index in [4.69, 9.17) is 0 Å². The molecule has 1 amide bonds. The first-order valence-corrected chi connectivity index (χ1v) is 11.2. The first-order chi connectivity index (χ1) is 14.2. The van der Waals surface area contributed by atoms with Crippen molar-refractivity contribution >= 4 is 11.6 Å². The maximum absolute atomic E-state index is 13.0. The van der Waals surface area contributed by atoms with Crippen molar-refractivity contribution in [1.29, 1.82) is 0 Å². The molecule has 2 aliphatic rings. The molecule has 2 saturated heterocycles. The van der Waals surface area contributed by atoms with Crippen LogP contribution in [0.2, 0.25) is 0 Å². The minimum Gasteiger partial charge on any atom is -0.369 e. The quantitative estimate of drug-likeness (QED) is 0.664. The Labute approximate surface area is 178 Å². The summed E-state index contributed by atoms with van der Waals surface area (Å²) in [5.41, 5.74) is 0.0408. The number of amides is 1. The van der Waals surface area contributed by atoms with E-state index in [2.05, 4.69) is 18.7 Å². The number of carbonyl (C=O) groups excluding carboxylic acids is 1. The molecular weight excluding hydrogens is 391 g/mol. The predicted octanol–water partition coefficient (Wildman–Crippen LogP) is 4.64. The number of hydrogen-bond acceptors (Lipinski definition) is 3. The molecule has 1 atom stereocenters. The molecule has 3 rings (SSSR count). The van der Waals surface area contributed by atoms with E-state index >= 15 is 0 Å². The molecule has 0 N–H and O–H groups in total. The molecule has 1 aromatic rings. The maximum Gasteiger partial charge on any atom is 0.416 e. The van der Waals surface area contributed by atoms with Gasteiger partial charge in [0.15, 0.2) is 0 Å². The Balaban J connectivity index is 1.51. The van der Waals surface area contributed by atoms with Crippen LogP contribution in [0.15, 0.2) is 24.3 Å². The van der Waals surface area contributed by atoms with Gasteiger partial charge in [0.25, 0.3) is 0 Å². The van der Waals surface area contributed by atoms with Crippen molar-refractivity contribution in [2.75, 3.05) is 44.2 Å². The van der Waals surface area contributed by atoms with Crippen molar-refractivity contribution in [3.63, 3.8) is 0 Å². The lowest BCUT2D eigenvalue weighted by molar-refractivity contribution is -0.137. The molecule has 7 heteroatoms. The van der Waals surface area contributed by atoms with Gasteiger partial charge in [-0.05, 0) is 49.8 Å². The van der Waals surface area contributed by atoms with Gasteiger partial charge in [0, 0.05) is 57.4 Å². The number of likely N-dealkylation sites (tertiary alicyclic amines) is 1. The van der Waals surface area contributed by atoms with E-state index in [0.717, 1.165) is 57.9 Å². The predicted molar refractivity (Wildman–Crippen MR) is 114 cm³/mol. The van der Waals surface area contributed by atoms with E-state index in [0.29, 0.717) is 37.2 Å². The van der Waals surface area contributed by atoms with E-state index in [1.165, 1.54) is 12.1 Å². The van der Waals surface area contributed by atoms with Gasteiger partial charge in [-0.3, -0.25) is 9.69 Å². The normalized spacial score (nSPS) is 21.9. The Morgan fingerprint density at radius 2 is 1.80 bits per heavy atom. The molecule has 0 aliphatic carbocycles. The second-order valence-electron chi connectivity index (χ2n) is 8.97. The van der Waals surface area contributed by atoms with Gasteiger partial charge >= 0.3 is 6.18 Å². The zero-order valence-electron chi connectivity index (χ0n) is 18.1. The molecular formula is C23H34F3N3O. The number of nitrogens with zero attached hydrogens (tertiary/aromatic N) is 3. The highest BCUT2D eigenvalue weighted by Gasteiger charge is 2.32.